The minimum Gasteiger partial charge on any atom is -0.325 e. The quantitative estimate of drug-likeness (QED) is 0.0626. The minimum atomic E-state index is -3.35. The Morgan fingerprint density at radius 2 is 0.889 bits per heavy atom. The molecule has 0 atom stereocenters. The van der Waals surface area contributed by atoms with E-state index in [1.165, 1.54) is 94.9 Å². The molecule has 0 unspecified atom stereocenters. The minimum absolute atomic E-state index is 0.119. The Kier molecular flexibility index (Phi) is 29.3. The summed E-state index contributed by atoms with van der Waals surface area (Å²) in [4.78, 5) is 0. The van der Waals surface area contributed by atoms with Crippen molar-refractivity contribution in [3.63, 3.8) is 0 Å². The average Bonchev–Trinajstić information content (AvgIpc) is 2.88. The predicted octanol–water partition coefficient (Wildman–Crippen LogP) is 9.23. The van der Waals surface area contributed by atoms with Crippen LogP contribution >= 0.6 is 0 Å². The number of hydrogen-bond acceptors (Lipinski definition) is 3. The third-order valence-electron chi connectivity index (χ3n) is 7.72. The fourth-order valence-corrected chi connectivity index (χ4v) is 5.66. The van der Waals surface area contributed by atoms with Gasteiger partial charge in [0.05, 0.1) is 45.2 Å². The van der Waals surface area contributed by atoms with Crippen molar-refractivity contribution >= 4 is 10.1 Å². The zero-order chi connectivity index (χ0) is 27.4. The fourth-order valence-electron chi connectivity index (χ4n) is 4.61. The van der Waals surface area contributed by atoms with E-state index in [0.29, 0.717) is 19.4 Å². The van der Waals surface area contributed by atoms with E-state index in [1.54, 1.807) is 0 Å². The van der Waals surface area contributed by atoms with Gasteiger partial charge in [0.25, 0.3) is 10.1 Å². The van der Waals surface area contributed by atoms with E-state index in [9.17, 15) is 12.8 Å². The lowest BCUT2D eigenvalue weighted by atomic mass is 10.1. The normalized spacial score (nSPS) is 11.9. The number of halogens is 1. The zero-order valence-corrected chi connectivity index (χ0v) is 26.0. The summed E-state index contributed by atoms with van der Waals surface area (Å²) in [5.41, 5.74) is 0. The van der Waals surface area contributed by atoms with E-state index >= 15 is 0 Å². The first-order valence-corrected chi connectivity index (χ1v) is 17.2. The van der Waals surface area contributed by atoms with Crippen molar-refractivity contribution in [3.05, 3.63) is 0 Å². The van der Waals surface area contributed by atoms with E-state index in [4.69, 9.17) is 4.18 Å². The molecular weight excluding hydrogens is 473 g/mol. The van der Waals surface area contributed by atoms with Gasteiger partial charge in [-0.3, -0.25) is 8.57 Å². The summed E-state index contributed by atoms with van der Waals surface area (Å²) in [7, 11) is -3.35. The molecule has 0 aromatic heterocycles. The van der Waals surface area contributed by atoms with Gasteiger partial charge in [-0.2, -0.15) is 8.42 Å². The van der Waals surface area contributed by atoms with Gasteiger partial charge in [0.15, 0.2) is 0 Å². The van der Waals surface area contributed by atoms with E-state index in [2.05, 4.69) is 34.6 Å². The van der Waals surface area contributed by atoms with Gasteiger partial charge >= 0.3 is 0 Å². The number of quaternary nitrogens is 1. The topological polar surface area (TPSA) is 43.4 Å². The fraction of sp³-hybridized carbons (Fsp3) is 1.00. The Bertz CT molecular complexity index is 507. The van der Waals surface area contributed by atoms with Crippen molar-refractivity contribution in [2.45, 2.75) is 150 Å². The van der Waals surface area contributed by atoms with Gasteiger partial charge in [0, 0.05) is 0 Å². The summed E-state index contributed by atoms with van der Waals surface area (Å²) >= 11 is 0. The third kappa shape index (κ3) is 25.4. The van der Waals surface area contributed by atoms with Gasteiger partial charge in [0.1, 0.15) is 0 Å². The molecule has 4 nitrogen and oxygen atoms in total. The van der Waals surface area contributed by atoms with E-state index in [1.807, 2.05) is 0 Å². The largest absolute Gasteiger partial charge is 0.325 e. The summed E-state index contributed by atoms with van der Waals surface area (Å²) in [6.07, 6.45) is 20.2. The van der Waals surface area contributed by atoms with Crippen LogP contribution in [0.2, 0.25) is 0 Å². The average molecular weight is 539 g/mol. The van der Waals surface area contributed by atoms with E-state index in [-0.39, 0.29) is 12.4 Å². The first-order valence-electron chi connectivity index (χ1n) is 15.6. The Morgan fingerprint density at radius 1 is 0.528 bits per heavy atom. The zero-order valence-electron chi connectivity index (χ0n) is 25.1. The molecule has 0 amide bonds. The number of nitrogens with zero attached hydrogens (tertiary/aromatic N) is 1. The van der Waals surface area contributed by atoms with Crippen LogP contribution in [0, 0.1) is 0 Å². The molecule has 0 heterocycles. The Balaban J connectivity index is 0. The van der Waals surface area contributed by atoms with Crippen LogP contribution in [0.4, 0.5) is 4.39 Å². The summed E-state index contributed by atoms with van der Waals surface area (Å²) in [6, 6.07) is 0. The van der Waals surface area contributed by atoms with Crippen LogP contribution in [0.3, 0.4) is 0 Å². The molecule has 0 bridgehead atoms. The van der Waals surface area contributed by atoms with Crippen LogP contribution in [-0.2, 0) is 14.3 Å². The van der Waals surface area contributed by atoms with Crippen LogP contribution < -0.4 is 0 Å². The molecule has 0 aliphatic heterocycles. The predicted molar refractivity (Wildman–Crippen MR) is 157 cm³/mol. The van der Waals surface area contributed by atoms with Gasteiger partial charge in [-0.25, -0.2) is 0 Å². The molecule has 36 heavy (non-hydrogen) atoms. The maximum Gasteiger partial charge on any atom is 0.267 e. The van der Waals surface area contributed by atoms with Crippen molar-refractivity contribution in [3.8, 4) is 0 Å². The first kappa shape index (κ1) is 37.9. The number of rotatable bonds is 26. The molecular formula is C30H65FNO3S+. The van der Waals surface area contributed by atoms with Crippen LogP contribution in [0.15, 0.2) is 0 Å². The van der Waals surface area contributed by atoms with E-state index < -0.39 is 10.1 Å². The molecule has 0 N–H and O–H groups in total. The van der Waals surface area contributed by atoms with Crippen LogP contribution in [-0.4, -0.2) is 58.1 Å². The lowest BCUT2D eigenvalue weighted by molar-refractivity contribution is -0.921. The van der Waals surface area contributed by atoms with Gasteiger partial charge in [0.2, 0.25) is 0 Å². The summed E-state index contributed by atoms with van der Waals surface area (Å²) in [5, 5.41) is 0. The monoisotopic (exact) mass is 538 g/mol. The lowest BCUT2D eigenvalue weighted by Crippen LogP contribution is -2.47. The second-order valence-corrected chi connectivity index (χ2v) is 12.1. The smallest absolute Gasteiger partial charge is 0.267 e. The standard InChI is InChI=1S/C22H45FO3S.C8H20N/c1-2-3-4-5-6-7-8-9-10-12-15-18-21-26-27(24,25)22-19-16-13-11-14-17-20-23;1-5-9(6-2,7-3)8-4/h2-22H2,1H3;5-8H2,1-4H3/q;+1. The Labute approximate surface area is 226 Å². The molecule has 0 radical (unpaired) electrons. The molecule has 0 rings (SSSR count). The van der Waals surface area contributed by atoms with Crippen LogP contribution in [0.5, 0.6) is 0 Å². The molecule has 0 fully saturated rings. The van der Waals surface area contributed by atoms with Gasteiger partial charge < -0.3 is 4.48 Å². The van der Waals surface area contributed by atoms with Gasteiger partial charge in [-0.05, 0) is 47.0 Å². The Morgan fingerprint density at radius 3 is 1.25 bits per heavy atom. The molecule has 0 aliphatic rings. The Hall–Kier alpha value is -0.200. The molecule has 0 aliphatic carbocycles. The maximum absolute atomic E-state index is 11.9. The highest BCUT2D eigenvalue weighted by atomic mass is 32.2. The number of hydrogen-bond donors (Lipinski definition) is 0. The van der Waals surface area contributed by atoms with Crippen molar-refractivity contribution in [1.29, 1.82) is 0 Å². The second kappa shape index (κ2) is 27.8. The van der Waals surface area contributed by atoms with Gasteiger partial charge in [-0.1, -0.05) is 103 Å². The third-order valence-corrected chi connectivity index (χ3v) is 9.04. The summed E-state index contributed by atoms with van der Waals surface area (Å²) < 4.78 is 41.9. The van der Waals surface area contributed by atoms with Crippen molar-refractivity contribution in [1.82, 2.24) is 0 Å². The summed E-state index contributed by atoms with van der Waals surface area (Å²) in [6.45, 7) is 16.6. The first-order chi connectivity index (χ1) is 17.4. The second-order valence-electron chi connectivity index (χ2n) is 10.4. The highest BCUT2D eigenvalue weighted by Gasteiger charge is 2.16. The molecule has 0 aromatic rings. The van der Waals surface area contributed by atoms with Crippen molar-refractivity contribution in [2.75, 3.05) is 45.2 Å². The van der Waals surface area contributed by atoms with Crippen LogP contribution in [0.1, 0.15) is 150 Å². The van der Waals surface area contributed by atoms with Gasteiger partial charge in [-0.15, -0.1) is 0 Å². The summed E-state index contributed by atoms with van der Waals surface area (Å²) in [5.74, 6) is 0.119. The molecule has 0 saturated carbocycles. The number of unbranched alkanes of at least 4 members (excludes halogenated alkanes) is 16. The van der Waals surface area contributed by atoms with Crippen molar-refractivity contribution < 1.29 is 21.5 Å². The van der Waals surface area contributed by atoms with E-state index in [0.717, 1.165) is 38.5 Å². The molecule has 0 aromatic carbocycles. The molecule has 220 valence electrons. The molecule has 0 spiro atoms. The highest BCUT2D eigenvalue weighted by molar-refractivity contribution is 7.86. The SMILES string of the molecule is CCCCCCCCCCCCCCOS(=O)(=O)CCCCCCCCF.CC[N+](CC)(CC)CC. The highest BCUT2D eigenvalue weighted by Crippen LogP contribution is 2.13. The maximum atomic E-state index is 11.9. The molecule has 0 saturated heterocycles. The lowest BCUT2D eigenvalue weighted by Gasteiger charge is -2.34. The van der Waals surface area contributed by atoms with Crippen molar-refractivity contribution in [2.24, 2.45) is 0 Å². The molecule has 6 heteroatoms. The van der Waals surface area contributed by atoms with Crippen LogP contribution in [0.25, 0.3) is 0 Å². The number of alkyl halides is 1.